The summed E-state index contributed by atoms with van der Waals surface area (Å²) in [6.45, 7) is 9.81. The van der Waals surface area contributed by atoms with E-state index >= 15 is 0 Å². The topological polar surface area (TPSA) is 63.6 Å². The molecule has 0 aliphatic carbocycles. The zero-order valence-corrected chi connectivity index (χ0v) is 16.0. The molecule has 0 bridgehead atoms. The monoisotopic (exact) mass is 356 g/mol. The lowest BCUT2D eigenvalue weighted by Crippen LogP contribution is -2.30. The molecular weight excluding hydrogens is 332 g/mol. The number of thiazole rings is 1. The lowest BCUT2D eigenvalue weighted by molar-refractivity contribution is 0.0776. The zero-order chi connectivity index (χ0) is 18.1. The highest BCUT2D eigenvalue weighted by Gasteiger charge is 2.24. The number of aromatic nitrogens is 2. The van der Waals surface area contributed by atoms with Crippen molar-refractivity contribution in [2.75, 3.05) is 13.1 Å². The summed E-state index contributed by atoms with van der Waals surface area (Å²) < 4.78 is 2.04. The molecule has 132 valence electrons. The minimum atomic E-state index is 0.0675. The lowest BCUT2D eigenvalue weighted by atomic mass is 10.1. The van der Waals surface area contributed by atoms with E-state index in [0.717, 1.165) is 32.5 Å². The van der Waals surface area contributed by atoms with Crippen molar-refractivity contribution in [1.29, 1.82) is 0 Å². The van der Waals surface area contributed by atoms with Gasteiger partial charge in [0.15, 0.2) is 4.96 Å². The Kier molecular flexibility index (Phi) is 4.92. The second kappa shape index (κ2) is 6.98. The molecule has 2 heterocycles. The number of benzene rings is 1. The fourth-order valence-corrected chi connectivity index (χ4v) is 4.21. The smallest absolute Gasteiger partial charge is 0.265 e. The van der Waals surface area contributed by atoms with Crippen LogP contribution >= 0.6 is 11.3 Å². The van der Waals surface area contributed by atoms with Gasteiger partial charge in [-0.05, 0) is 27.7 Å². The third-order valence-corrected chi connectivity index (χ3v) is 5.69. The highest BCUT2D eigenvalue weighted by atomic mass is 32.1. The van der Waals surface area contributed by atoms with Gasteiger partial charge in [-0.3, -0.25) is 9.20 Å². The minimum Gasteiger partial charge on any atom is -0.338 e. The average molecular weight is 356 g/mol. The van der Waals surface area contributed by atoms with Gasteiger partial charge in [0.2, 0.25) is 0 Å². The van der Waals surface area contributed by atoms with Crippen LogP contribution in [0, 0.1) is 13.8 Å². The maximum atomic E-state index is 12.8. The van der Waals surface area contributed by atoms with E-state index < -0.39 is 0 Å². The zero-order valence-electron chi connectivity index (χ0n) is 15.2. The second-order valence-electron chi connectivity index (χ2n) is 6.09. The van der Waals surface area contributed by atoms with Gasteiger partial charge in [-0.1, -0.05) is 41.2 Å². The van der Waals surface area contributed by atoms with Gasteiger partial charge < -0.3 is 10.6 Å². The molecule has 25 heavy (non-hydrogen) atoms. The molecule has 0 fully saturated rings. The molecule has 2 aromatic heterocycles. The Labute approximate surface area is 152 Å². The summed E-state index contributed by atoms with van der Waals surface area (Å²) in [5.74, 6) is 0.0675. The summed E-state index contributed by atoms with van der Waals surface area (Å²) in [6, 6.07) is 8.28. The molecule has 1 amide bonds. The van der Waals surface area contributed by atoms with Gasteiger partial charge in [0.05, 0.1) is 11.4 Å². The van der Waals surface area contributed by atoms with E-state index in [4.69, 9.17) is 10.7 Å². The molecule has 0 atom stereocenters. The summed E-state index contributed by atoms with van der Waals surface area (Å²) in [5.41, 5.74) is 11.1. The lowest BCUT2D eigenvalue weighted by Gasteiger charge is -2.17. The maximum Gasteiger partial charge on any atom is 0.265 e. The summed E-state index contributed by atoms with van der Waals surface area (Å²) in [4.78, 5) is 20.9. The number of nitrogens with zero attached hydrogens (tertiary/aromatic N) is 3. The van der Waals surface area contributed by atoms with Crippen molar-refractivity contribution in [3.63, 3.8) is 0 Å². The van der Waals surface area contributed by atoms with E-state index in [2.05, 4.69) is 31.2 Å². The first-order chi connectivity index (χ1) is 12.0. The molecule has 5 nitrogen and oxygen atoms in total. The van der Waals surface area contributed by atoms with Gasteiger partial charge in [0.25, 0.3) is 5.91 Å². The van der Waals surface area contributed by atoms with E-state index in [1.165, 1.54) is 16.9 Å². The van der Waals surface area contributed by atoms with Gasteiger partial charge in [0, 0.05) is 30.9 Å². The molecule has 6 heteroatoms. The Balaban J connectivity index is 2.13. The summed E-state index contributed by atoms with van der Waals surface area (Å²) in [5, 5.41) is 0. The number of rotatable bonds is 5. The van der Waals surface area contributed by atoms with Crippen LogP contribution in [0.5, 0.6) is 0 Å². The Morgan fingerprint density at radius 1 is 1.20 bits per heavy atom. The fourth-order valence-electron chi connectivity index (χ4n) is 3.10. The molecule has 0 spiro atoms. The van der Waals surface area contributed by atoms with Crippen molar-refractivity contribution in [3.8, 4) is 11.3 Å². The van der Waals surface area contributed by atoms with Gasteiger partial charge in [-0.25, -0.2) is 4.98 Å². The molecule has 0 saturated heterocycles. The molecule has 0 radical (unpaired) electrons. The van der Waals surface area contributed by atoms with Crippen molar-refractivity contribution in [2.45, 2.75) is 34.2 Å². The van der Waals surface area contributed by atoms with Crippen LogP contribution in [0.1, 0.15) is 40.5 Å². The van der Waals surface area contributed by atoms with Crippen LogP contribution in [0.25, 0.3) is 16.2 Å². The van der Waals surface area contributed by atoms with Crippen LogP contribution in [0.3, 0.4) is 0 Å². The van der Waals surface area contributed by atoms with Gasteiger partial charge in [0.1, 0.15) is 4.88 Å². The largest absolute Gasteiger partial charge is 0.338 e. The van der Waals surface area contributed by atoms with Crippen LogP contribution in [-0.4, -0.2) is 33.3 Å². The standard InChI is InChI=1S/C19H24N4OS/c1-5-22(6-2)18(24)17-13(4)23-15(11-20)16(21-19(23)25-17)14-9-7-12(3)8-10-14/h7-10H,5-6,11,20H2,1-4H3. The summed E-state index contributed by atoms with van der Waals surface area (Å²) in [7, 11) is 0. The van der Waals surface area contributed by atoms with Crippen LogP contribution in [0.15, 0.2) is 24.3 Å². The van der Waals surface area contributed by atoms with Crippen LogP contribution < -0.4 is 5.73 Å². The molecule has 1 aromatic carbocycles. The summed E-state index contributed by atoms with van der Waals surface area (Å²) in [6.07, 6.45) is 0. The van der Waals surface area contributed by atoms with E-state index in [-0.39, 0.29) is 5.91 Å². The van der Waals surface area contributed by atoms with E-state index in [1.54, 1.807) is 0 Å². The highest BCUT2D eigenvalue weighted by Crippen LogP contribution is 2.31. The number of fused-ring (bicyclic) bond motifs is 1. The maximum absolute atomic E-state index is 12.8. The van der Waals surface area contributed by atoms with E-state index in [1.807, 2.05) is 30.1 Å². The Bertz CT molecular complexity index is 904. The number of hydrogen-bond acceptors (Lipinski definition) is 4. The number of carbonyl (C=O) groups is 1. The fraction of sp³-hybridized carbons (Fsp3) is 0.368. The molecule has 0 saturated carbocycles. The number of carbonyl (C=O) groups excluding carboxylic acids is 1. The van der Waals surface area contributed by atoms with Crippen molar-refractivity contribution >= 4 is 22.2 Å². The molecule has 3 aromatic rings. The van der Waals surface area contributed by atoms with Gasteiger partial charge >= 0.3 is 0 Å². The number of amides is 1. The number of aryl methyl sites for hydroxylation is 2. The normalized spacial score (nSPS) is 11.2. The Morgan fingerprint density at radius 3 is 2.40 bits per heavy atom. The van der Waals surface area contributed by atoms with Gasteiger partial charge in [-0.15, -0.1) is 0 Å². The van der Waals surface area contributed by atoms with E-state index in [0.29, 0.717) is 19.6 Å². The number of hydrogen-bond donors (Lipinski definition) is 1. The van der Waals surface area contributed by atoms with Crippen molar-refractivity contribution < 1.29 is 4.79 Å². The van der Waals surface area contributed by atoms with Crippen molar-refractivity contribution in [1.82, 2.24) is 14.3 Å². The van der Waals surface area contributed by atoms with Crippen LogP contribution in [0.4, 0.5) is 0 Å². The van der Waals surface area contributed by atoms with E-state index in [9.17, 15) is 4.79 Å². The number of nitrogens with two attached hydrogens (primary N) is 1. The molecular formula is C19H24N4OS. The van der Waals surface area contributed by atoms with Crippen LogP contribution in [0.2, 0.25) is 0 Å². The second-order valence-corrected chi connectivity index (χ2v) is 7.07. The quantitative estimate of drug-likeness (QED) is 0.759. The molecule has 3 rings (SSSR count). The number of imidazole rings is 1. The van der Waals surface area contributed by atoms with Crippen molar-refractivity contribution in [2.24, 2.45) is 5.73 Å². The first-order valence-corrected chi connectivity index (χ1v) is 9.40. The molecule has 2 N–H and O–H groups in total. The molecule has 0 aliphatic heterocycles. The summed E-state index contributed by atoms with van der Waals surface area (Å²) >= 11 is 1.44. The third-order valence-electron chi connectivity index (χ3n) is 4.56. The SMILES string of the molecule is CCN(CC)C(=O)c1sc2nc(-c3ccc(C)cc3)c(CN)n2c1C. The average Bonchev–Trinajstić information content (AvgIpc) is 3.13. The minimum absolute atomic E-state index is 0.0675. The molecule has 0 aliphatic rings. The Morgan fingerprint density at radius 2 is 1.84 bits per heavy atom. The first-order valence-electron chi connectivity index (χ1n) is 8.58. The third kappa shape index (κ3) is 2.96. The highest BCUT2D eigenvalue weighted by molar-refractivity contribution is 7.19. The first kappa shape index (κ1) is 17.6. The predicted octanol–water partition coefficient (Wildman–Crippen LogP) is 3.62. The Hall–Kier alpha value is -2.18. The predicted molar refractivity (Wildman–Crippen MR) is 103 cm³/mol. The van der Waals surface area contributed by atoms with Crippen molar-refractivity contribution in [3.05, 3.63) is 46.1 Å². The van der Waals surface area contributed by atoms with Gasteiger partial charge in [-0.2, -0.15) is 0 Å². The van der Waals surface area contributed by atoms with Crippen LogP contribution in [-0.2, 0) is 6.54 Å². The molecule has 0 unspecified atom stereocenters.